The molecule has 150 valence electrons. The third-order valence-electron chi connectivity index (χ3n) is 5.50. The Morgan fingerprint density at radius 1 is 1.24 bits per heavy atom. The minimum Gasteiger partial charge on any atom is -0.504 e. The number of carbonyl (C=O) groups is 1. The number of anilines is 1. The van der Waals surface area contributed by atoms with Crippen molar-refractivity contribution in [3.63, 3.8) is 0 Å². The highest BCUT2D eigenvalue weighted by Crippen LogP contribution is 2.34. The van der Waals surface area contributed by atoms with Crippen molar-refractivity contribution >= 4 is 17.4 Å². The van der Waals surface area contributed by atoms with E-state index in [1.54, 1.807) is 28.9 Å². The number of para-hydroxylation sites is 1. The number of rotatable bonds is 6. The number of phenols is 1. The first-order chi connectivity index (χ1) is 14.2. The van der Waals surface area contributed by atoms with Crippen LogP contribution in [0.4, 0.5) is 5.82 Å². The molecule has 1 atom stereocenters. The molecule has 0 radical (unpaired) electrons. The van der Waals surface area contributed by atoms with E-state index in [1.807, 2.05) is 18.3 Å². The average molecular weight is 393 g/mol. The fourth-order valence-electron chi connectivity index (χ4n) is 3.64. The molecular weight excluding hydrogens is 370 g/mol. The van der Waals surface area contributed by atoms with Crippen LogP contribution < -0.4 is 15.0 Å². The summed E-state index contributed by atoms with van der Waals surface area (Å²) in [4.78, 5) is 19.1. The number of aromatic hydroxyl groups is 1. The summed E-state index contributed by atoms with van der Waals surface area (Å²) < 4.78 is 7.41. The van der Waals surface area contributed by atoms with Crippen molar-refractivity contribution < 1.29 is 14.6 Å². The highest BCUT2D eigenvalue weighted by atomic mass is 16.5. The lowest BCUT2D eigenvalue weighted by Gasteiger charge is -2.18. The van der Waals surface area contributed by atoms with Gasteiger partial charge in [0.25, 0.3) is 5.91 Å². The zero-order valence-electron chi connectivity index (χ0n) is 16.0. The minimum absolute atomic E-state index is 0.0155. The van der Waals surface area contributed by atoms with E-state index in [4.69, 9.17) is 4.74 Å². The Bertz CT molecular complexity index is 1050. The molecule has 2 aliphatic rings. The van der Waals surface area contributed by atoms with E-state index in [-0.39, 0.29) is 23.3 Å². The second kappa shape index (κ2) is 7.27. The van der Waals surface area contributed by atoms with Crippen molar-refractivity contribution in [2.45, 2.75) is 25.3 Å². The molecule has 2 fully saturated rings. The maximum Gasteiger partial charge on any atom is 0.255 e. The van der Waals surface area contributed by atoms with E-state index in [0.717, 1.165) is 24.4 Å². The second-order valence-electron chi connectivity index (χ2n) is 7.73. The summed E-state index contributed by atoms with van der Waals surface area (Å²) in [7, 11) is 0. The number of phenolic OH excluding ortho intramolecular Hbond substituents is 1. The lowest BCUT2D eigenvalue weighted by atomic mass is 10.1. The minimum atomic E-state index is -0.288. The molecule has 3 heterocycles. The molecule has 1 amide bonds. The molecule has 0 bridgehead atoms. The molecular formula is C21H23N5O3. The van der Waals surface area contributed by atoms with E-state index in [2.05, 4.69) is 20.3 Å². The zero-order chi connectivity index (χ0) is 19.8. The third-order valence-corrected chi connectivity index (χ3v) is 5.50. The van der Waals surface area contributed by atoms with Gasteiger partial charge in [0.15, 0.2) is 17.1 Å². The second-order valence-corrected chi connectivity index (χ2v) is 7.73. The Labute approximate surface area is 168 Å². The van der Waals surface area contributed by atoms with Gasteiger partial charge in [0.05, 0.1) is 12.2 Å². The normalized spacial score (nSPS) is 18.9. The first-order valence-electron chi connectivity index (χ1n) is 9.98. The van der Waals surface area contributed by atoms with Gasteiger partial charge >= 0.3 is 0 Å². The van der Waals surface area contributed by atoms with E-state index < -0.39 is 0 Å². The van der Waals surface area contributed by atoms with Crippen LogP contribution in [0.2, 0.25) is 0 Å². The summed E-state index contributed by atoms with van der Waals surface area (Å²) in [5, 5.41) is 18.1. The summed E-state index contributed by atoms with van der Waals surface area (Å²) in [6.45, 7) is 2.05. The Morgan fingerprint density at radius 3 is 3.00 bits per heavy atom. The molecule has 5 rings (SSSR count). The van der Waals surface area contributed by atoms with Crippen LogP contribution in [0.25, 0.3) is 5.65 Å². The molecule has 2 aromatic heterocycles. The van der Waals surface area contributed by atoms with Gasteiger partial charge in [0.1, 0.15) is 5.82 Å². The van der Waals surface area contributed by atoms with E-state index >= 15 is 0 Å². The average Bonchev–Trinajstić information content (AvgIpc) is 3.23. The van der Waals surface area contributed by atoms with Crippen LogP contribution >= 0.6 is 0 Å². The van der Waals surface area contributed by atoms with Gasteiger partial charge < -0.3 is 20.1 Å². The maximum atomic E-state index is 12.7. The van der Waals surface area contributed by atoms with Gasteiger partial charge in [-0.1, -0.05) is 6.07 Å². The van der Waals surface area contributed by atoms with E-state index in [1.165, 1.54) is 12.8 Å². The lowest BCUT2D eigenvalue weighted by molar-refractivity contribution is 0.0937. The van der Waals surface area contributed by atoms with Gasteiger partial charge in [-0.05, 0) is 49.4 Å². The summed E-state index contributed by atoms with van der Waals surface area (Å²) in [6, 6.07) is 8.92. The van der Waals surface area contributed by atoms with E-state index in [9.17, 15) is 9.90 Å². The van der Waals surface area contributed by atoms with Crippen molar-refractivity contribution in [3.05, 3.63) is 48.3 Å². The van der Waals surface area contributed by atoms with Gasteiger partial charge in [-0.25, -0.2) is 9.50 Å². The Hall–Kier alpha value is -3.29. The fraction of sp³-hybridized carbons (Fsp3) is 0.381. The molecule has 29 heavy (non-hydrogen) atoms. The number of carbonyl (C=O) groups excluding carboxylic acids is 1. The molecule has 2 N–H and O–H groups in total. The largest absolute Gasteiger partial charge is 0.504 e. The van der Waals surface area contributed by atoms with Crippen LogP contribution in [-0.2, 0) is 0 Å². The number of aromatic nitrogens is 3. The SMILES string of the molecule is O=C(NC1CCN(c2ccc3nccn3n2)C1)c1cccc(OCC2CC2)c1O. The quantitative estimate of drug-likeness (QED) is 0.667. The number of fused-ring (bicyclic) bond motifs is 1. The predicted molar refractivity (Wildman–Crippen MR) is 107 cm³/mol. The summed E-state index contributed by atoms with van der Waals surface area (Å²) >= 11 is 0. The Morgan fingerprint density at radius 2 is 2.14 bits per heavy atom. The lowest BCUT2D eigenvalue weighted by Crippen LogP contribution is -2.37. The predicted octanol–water partition coefficient (Wildman–Crippen LogP) is 2.23. The number of nitrogens with one attached hydrogen (secondary N) is 1. The summed E-state index contributed by atoms with van der Waals surface area (Å²) in [5.74, 6) is 1.42. The van der Waals surface area contributed by atoms with Gasteiger partial charge in [0, 0.05) is 31.5 Å². The summed E-state index contributed by atoms with van der Waals surface area (Å²) in [6.07, 6.45) is 6.68. The van der Waals surface area contributed by atoms with Crippen LogP contribution in [0.15, 0.2) is 42.7 Å². The standard InChI is InChI=1S/C21H23N5O3/c27-20-16(2-1-3-17(20)29-13-14-4-5-14)21(28)23-15-8-10-25(12-15)19-7-6-18-22-9-11-26(18)24-19/h1-3,6-7,9,11,14-15,27H,4-5,8,10,12-13H2,(H,23,28). The highest BCUT2D eigenvalue weighted by molar-refractivity contribution is 5.97. The van der Waals surface area contributed by atoms with Crippen LogP contribution in [0, 0.1) is 5.92 Å². The van der Waals surface area contributed by atoms with Crippen molar-refractivity contribution in [1.82, 2.24) is 19.9 Å². The zero-order valence-corrected chi connectivity index (χ0v) is 16.0. The van der Waals surface area contributed by atoms with Crippen LogP contribution in [-0.4, -0.2) is 51.4 Å². The molecule has 1 aromatic carbocycles. The number of hydrogen-bond acceptors (Lipinski definition) is 6. The third kappa shape index (κ3) is 3.70. The van der Waals surface area contributed by atoms with Gasteiger partial charge in [-0.15, -0.1) is 5.10 Å². The van der Waals surface area contributed by atoms with Crippen molar-refractivity contribution in [3.8, 4) is 11.5 Å². The monoisotopic (exact) mass is 393 g/mol. The summed E-state index contributed by atoms with van der Waals surface area (Å²) in [5.41, 5.74) is 1.05. The molecule has 8 heteroatoms. The number of amides is 1. The van der Waals surface area contributed by atoms with Crippen LogP contribution in [0.3, 0.4) is 0 Å². The molecule has 0 spiro atoms. The highest BCUT2D eigenvalue weighted by Gasteiger charge is 2.27. The van der Waals surface area contributed by atoms with Crippen molar-refractivity contribution in [1.29, 1.82) is 0 Å². The number of hydrogen-bond donors (Lipinski definition) is 2. The first-order valence-corrected chi connectivity index (χ1v) is 9.98. The van der Waals surface area contributed by atoms with Crippen LogP contribution in [0.1, 0.15) is 29.6 Å². The molecule has 1 saturated carbocycles. The van der Waals surface area contributed by atoms with E-state index in [0.29, 0.717) is 24.8 Å². The molecule has 1 unspecified atom stereocenters. The molecule has 1 aliphatic heterocycles. The maximum absolute atomic E-state index is 12.7. The van der Waals surface area contributed by atoms with Gasteiger partial charge in [0.2, 0.25) is 0 Å². The van der Waals surface area contributed by atoms with Crippen molar-refractivity contribution in [2.24, 2.45) is 5.92 Å². The molecule has 1 saturated heterocycles. The fourth-order valence-corrected chi connectivity index (χ4v) is 3.64. The Balaban J connectivity index is 1.23. The number of ether oxygens (including phenoxy) is 1. The van der Waals surface area contributed by atoms with Gasteiger partial charge in [-0.2, -0.15) is 0 Å². The molecule has 1 aliphatic carbocycles. The first kappa shape index (κ1) is 17.8. The van der Waals surface area contributed by atoms with Crippen LogP contribution in [0.5, 0.6) is 11.5 Å². The number of nitrogens with zero attached hydrogens (tertiary/aromatic N) is 4. The van der Waals surface area contributed by atoms with Gasteiger partial charge in [-0.3, -0.25) is 4.79 Å². The molecule has 8 nitrogen and oxygen atoms in total. The number of benzene rings is 1. The topological polar surface area (TPSA) is 92.0 Å². The Kier molecular flexibility index (Phi) is 4.46. The smallest absolute Gasteiger partial charge is 0.255 e. The van der Waals surface area contributed by atoms with Crippen molar-refractivity contribution in [2.75, 3.05) is 24.6 Å². The molecule has 3 aromatic rings. The number of imidazole rings is 1.